The molecule has 2 rings (SSSR count). The van der Waals surface area contributed by atoms with Crippen molar-refractivity contribution in [3.63, 3.8) is 0 Å². The van der Waals surface area contributed by atoms with Crippen LogP contribution < -0.4 is 10.3 Å². The van der Waals surface area contributed by atoms with Gasteiger partial charge in [-0.3, -0.25) is 4.79 Å². The second-order valence-corrected chi connectivity index (χ2v) is 4.22. The summed E-state index contributed by atoms with van der Waals surface area (Å²) >= 11 is 5.90. The predicted octanol–water partition coefficient (Wildman–Crippen LogP) is 2.66. The van der Waals surface area contributed by atoms with E-state index in [4.69, 9.17) is 16.3 Å². The summed E-state index contributed by atoms with van der Waals surface area (Å²) in [6, 6.07) is 6.69. The van der Waals surface area contributed by atoms with Gasteiger partial charge in [-0.1, -0.05) is 18.5 Å². The van der Waals surface area contributed by atoms with Gasteiger partial charge in [0.05, 0.1) is 12.7 Å². The number of aromatic nitrogens is 2. The molecule has 4 nitrogen and oxygen atoms in total. The first-order chi connectivity index (χ1) is 8.63. The van der Waals surface area contributed by atoms with E-state index in [-0.39, 0.29) is 5.56 Å². The summed E-state index contributed by atoms with van der Waals surface area (Å²) in [5.41, 5.74) is 1.29. The van der Waals surface area contributed by atoms with Crippen LogP contribution in [0.5, 0.6) is 5.75 Å². The third-order valence-corrected chi connectivity index (χ3v) is 2.81. The van der Waals surface area contributed by atoms with Crippen molar-refractivity contribution < 1.29 is 4.74 Å². The molecule has 5 heteroatoms. The molecule has 0 atom stereocenters. The first-order valence-electron chi connectivity index (χ1n) is 5.58. The summed E-state index contributed by atoms with van der Waals surface area (Å²) in [6.07, 6.45) is 0.701. The molecule has 0 saturated heterocycles. The zero-order valence-corrected chi connectivity index (χ0v) is 10.9. The molecule has 0 radical (unpaired) electrons. The lowest BCUT2D eigenvalue weighted by atomic mass is 10.2. The quantitative estimate of drug-likeness (QED) is 0.927. The van der Waals surface area contributed by atoms with E-state index in [9.17, 15) is 4.79 Å². The maximum absolute atomic E-state index is 11.5. The van der Waals surface area contributed by atoms with Crippen molar-refractivity contribution >= 4 is 11.6 Å². The van der Waals surface area contributed by atoms with Gasteiger partial charge in [-0.15, -0.1) is 0 Å². The normalized spacial score (nSPS) is 10.4. The molecule has 0 amide bonds. The third-order valence-electron chi connectivity index (χ3n) is 2.58. The van der Waals surface area contributed by atoms with Crippen molar-refractivity contribution in [1.29, 1.82) is 0 Å². The van der Waals surface area contributed by atoms with Crippen molar-refractivity contribution in [1.82, 2.24) is 9.97 Å². The SMILES string of the molecule is CCc1cc(=O)[nH]c(-c2ccc(Cl)cc2OC)n1. The fourth-order valence-corrected chi connectivity index (χ4v) is 1.84. The summed E-state index contributed by atoms with van der Waals surface area (Å²) < 4.78 is 5.25. The number of hydrogen-bond acceptors (Lipinski definition) is 3. The molecule has 0 saturated carbocycles. The Morgan fingerprint density at radius 3 is 2.83 bits per heavy atom. The molecular formula is C13H13ClN2O2. The highest BCUT2D eigenvalue weighted by atomic mass is 35.5. The summed E-state index contributed by atoms with van der Waals surface area (Å²) in [5, 5.41) is 0.574. The number of ether oxygens (including phenoxy) is 1. The molecular weight excluding hydrogens is 252 g/mol. The Bertz CT molecular complexity index is 623. The lowest BCUT2D eigenvalue weighted by molar-refractivity contribution is 0.416. The molecule has 0 bridgehead atoms. The van der Waals surface area contributed by atoms with Crippen LogP contribution in [0.3, 0.4) is 0 Å². The number of aryl methyl sites for hydroxylation is 1. The van der Waals surface area contributed by atoms with Gasteiger partial charge >= 0.3 is 0 Å². The standard InChI is InChI=1S/C13H13ClN2O2/c1-3-9-7-12(17)16-13(15-9)10-5-4-8(14)6-11(10)18-2/h4-7H,3H2,1-2H3,(H,15,16,17). The average molecular weight is 265 g/mol. The molecule has 94 valence electrons. The van der Waals surface area contributed by atoms with Crippen LogP contribution in [0.25, 0.3) is 11.4 Å². The van der Waals surface area contributed by atoms with Gasteiger partial charge in [0.2, 0.25) is 0 Å². The first-order valence-corrected chi connectivity index (χ1v) is 5.96. The summed E-state index contributed by atoms with van der Waals surface area (Å²) in [5.74, 6) is 1.08. The van der Waals surface area contributed by atoms with Crippen molar-refractivity contribution in [3.05, 3.63) is 45.3 Å². The minimum atomic E-state index is -0.172. The number of aromatic amines is 1. The summed E-state index contributed by atoms with van der Waals surface area (Å²) in [4.78, 5) is 18.6. The van der Waals surface area contributed by atoms with Gasteiger partial charge in [0, 0.05) is 16.8 Å². The van der Waals surface area contributed by atoms with Gasteiger partial charge in [0.25, 0.3) is 5.56 Å². The van der Waals surface area contributed by atoms with Crippen LogP contribution in [0.1, 0.15) is 12.6 Å². The zero-order chi connectivity index (χ0) is 13.1. The van der Waals surface area contributed by atoms with Crippen LogP contribution in [0.15, 0.2) is 29.1 Å². The molecule has 1 aromatic carbocycles. The fraction of sp³-hybridized carbons (Fsp3) is 0.231. The van der Waals surface area contributed by atoms with Gasteiger partial charge in [0.15, 0.2) is 0 Å². The minimum Gasteiger partial charge on any atom is -0.496 e. The monoisotopic (exact) mass is 264 g/mol. The number of benzene rings is 1. The van der Waals surface area contributed by atoms with E-state index in [0.29, 0.717) is 28.6 Å². The number of hydrogen-bond donors (Lipinski definition) is 1. The average Bonchev–Trinajstić information content (AvgIpc) is 2.37. The van der Waals surface area contributed by atoms with Gasteiger partial charge in [-0.05, 0) is 24.6 Å². The molecule has 2 aromatic rings. The van der Waals surface area contributed by atoms with Crippen molar-refractivity contribution in [2.24, 2.45) is 0 Å². The van der Waals surface area contributed by atoms with E-state index in [1.807, 2.05) is 6.92 Å². The van der Waals surface area contributed by atoms with Crippen LogP contribution in [-0.4, -0.2) is 17.1 Å². The number of methoxy groups -OCH3 is 1. The third kappa shape index (κ3) is 2.54. The predicted molar refractivity (Wildman–Crippen MR) is 71.2 cm³/mol. The number of halogens is 1. The number of rotatable bonds is 3. The van der Waals surface area contributed by atoms with Gasteiger partial charge in [0.1, 0.15) is 11.6 Å². The number of H-pyrrole nitrogens is 1. The van der Waals surface area contributed by atoms with Crippen LogP contribution in [0.2, 0.25) is 5.02 Å². The number of nitrogens with zero attached hydrogens (tertiary/aromatic N) is 1. The molecule has 0 aliphatic carbocycles. The molecule has 0 aliphatic rings. The van der Waals surface area contributed by atoms with Gasteiger partial charge in [-0.2, -0.15) is 0 Å². The molecule has 0 spiro atoms. The molecule has 1 heterocycles. The zero-order valence-electron chi connectivity index (χ0n) is 10.2. The molecule has 1 N–H and O–H groups in total. The Morgan fingerprint density at radius 2 is 2.17 bits per heavy atom. The van der Waals surface area contributed by atoms with E-state index in [0.717, 1.165) is 5.69 Å². The highest BCUT2D eigenvalue weighted by molar-refractivity contribution is 6.30. The van der Waals surface area contributed by atoms with Crippen molar-refractivity contribution in [2.75, 3.05) is 7.11 Å². The van der Waals surface area contributed by atoms with E-state index in [1.165, 1.54) is 6.07 Å². The second-order valence-electron chi connectivity index (χ2n) is 3.78. The molecule has 0 fully saturated rings. The highest BCUT2D eigenvalue weighted by Gasteiger charge is 2.09. The van der Waals surface area contributed by atoms with Crippen molar-refractivity contribution in [2.45, 2.75) is 13.3 Å². The Hall–Kier alpha value is -1.81. The lowest BCUT2D eigenvalue weighted by Gasteiger charge is -2.08. The molecule has 0 unspecified atom stereocenters. The van der Waals surface area contributed by atoms with Crippen LogP contribution in [-0.2, 0) is 6.42 Å². The van der Waals surface area contributed by atoms with E-state index in [2.05, 4.69) is 9.97 Å². The smallest absolute Gasteiger partial charge is 0.251 e. The van der Waals surface area contributed by atoms with Gasteiger partial charge < -0.3 is 9.72 Å². The Morgan fingerprint density at radius 1 is 1.39 bits per heavy atom. The first kappa shape index (κ1) is 12.6. The van der Waals surface area contributed by atoms with E-state index >= 15 is 0 Å². The van der Waals surface area contributed by atoms with Crippen molar-refractivity contribution in [3.8, 4) is 17.1 Å². The Kier molecular flexibility index (Phi) is 3.67. The lowest BCUT2D eigenvalue weighted by Crippen LogP contribution is -2.10. The fourth-order valence-electron chi connectivity index (χ4n) is 1.68. The summed E-state index contributed by atoms with van der Waals surface area (Å²) in [6.45, 7) is 1.95. The molecule has 1 aromatic heterocycles. The van der Waals surface area contributed by atoms with Gasteiger partial charge in [-0.25, -0.2) is 4.98 Å². The molecule has 18 heavy (non-hydrogen) atoms. The minimum absolute atomic E-state index is 0.172. The maximum atomic E-state index is 11.5. The number of nitrogens with one attached hydrogen (secondary N) is 1. The summed E-state index contributed by atoms with van der Waals surface area (Å²) in [7, 11) is 1.55. The highest BCUT2D eigenvalue weighted by Crippen LogP contribution is 2.29. The van der Waals surface area contributed by atoms with Crippen LogP contribution in [0.4, 0.5) is 0 Å². The topological polar surface area (TPSA) is 55.0 Å². The van der Waals surface area contributed by atoms with E-state index in [1.54, 1.807) is 25.3 Å². The Balaban J connectivity index is 2.61. The van der Waals surface area contributed by atoms with E-state index < -0.39 is 0 Å². The largest absolute Gasteiger partial charge is 0.496 e. The maximum Gasteiger partial charge on any atom is 0.251 e. The Labute approximate surface area is 110 Å². The molecule has 0 aliphatic heterocycles. The van der Waals surface area contributed by atoms with Crippen LogP contribution in [0, 0.1) is 0 Å². The van der Waals surface area contributed by atoms with Crippen LogP contribution >= 0.6 is 11.6 Å². The second kappa shape index (κ2) is 5.23.